The Morgan fingerprint density at radius 2 is 1.73 bits per heavy atom. The molecule has 0 aliphatic carbocycles. The molecule has 6 heteroatoms. The van der Waals surface area contributed by atoms with Crippen molar-refractivity contribution in [2.24, 2.45) is 0 Å². The highest BCUT2D eigenvalue weighted by Gasteiger charge is 2.24. The number of nitrogens with one attached hydrogen (secondary N) is 1. The van der Waals surface area contributed by atoms with Gasteiger partial charge in [-0.3, -0.25) is 4.79 Å². The lowest BCUT2D eigenvalue weighted by molar-refractivity contribution is -0.115. The van der Waals surface area contributed by atoms with E-state index >= 15 is 0 Å². The Balaban J connectivity index is 1.70. The van der Waals surface area contributed by atoms with Crippen LogP contribution >= 0.6 is 11.8 Å². The number of methoxy groups -OCH3 is 1. The minimum absolute atomic E-state index is 0.125. The van der Waals surface area contributed by atoms with Crippen molar-refractivity contribution < 1.29 is 9.53 Å². The lowest BCUT2D eigenvalue weighted by atomic mass is 10.1. The van der Waals surface area contributed by atoms with Crippen molar-refractivity contribution in [3.05, 3.63) is 90.3 Å². The van der Waals surface area contributed by atoms with E-state index in [1.807, 2.05) is 79.7 Å². The summed E-state index contributed by atoms with van der Waals surface area (Å²) in [6, 6.07) is 24.9. The molecule has 0 fully saturated rings. The van der Waals surface area contributed by atoms with Crippen LogP contribution in [-0.2, 0) is 4.79 Å². The molecular formula is C24H21N3O2S. The van der Waals surface area contributed by atoms with Crippen molar-refractivity contribution in [2.45, 2.75) is 17.2 Å². The van der Waals surface area contributed by atoms with Gasteiger partial charge in [0.1, 0.15) is 21.8 Å². The third kappa shape index (κ3) is 4.44. The topological polar surface area (TPSA) is 64.1 Å². The molecule has 4 rings (SSSR count). The fourth-order valence-electron chi connectivity index (χ4n) is 3.17. The highest BCUT2D eigenvalue weighted by Crippen LogP contribution is 2.38. The molecule has 0 bridgehead atoms. The van der Waals surface area contributed by atoms with Gasteiger partial charge in [-0.25, -0.2) is 9.97 Å². The number of thioether (sulfide) groups is 1. The summed E-state index contributed by atoms with van der Waals surface area (Å²) in [6.07, 6.45) is 0. The molecule has 1 heterocycles. The quantitative estimate of drug-likeness (QED) is 0.337. The number of aryl methyl sites for hydroxylation is 1. The average molecular weight is 416 g/mol. The van der Waals surface area contributed by atoms with Gasteiger partial charge in [-0.05, 0) is 30.7 Å². The maximum atomic E-state index is 13.3. The Kier molecular flexibility index (Phi) is 5.95. The van der Waals surface area contributed by atoms with Crippen LogP contribution in [0.5, 0.6) is 5.75 Å². The van der Waals surface area contributed by atoms with Gasteiger partial charge in [0, 0.05) is 17.1 Å². The molecule has 0 aliphatic rings. The second-order valence-corrected chi connectivity index (χ2v) is 7.82. The summed E-state index contributed by atoms with van der Waals surface area (Å²) in [7, 11) is 1.60. The third-order valence-corrected chi connectivity index (χ3v) is 5.84. The summed E-state index contributed by atoms with van der Waals surface area (Å²) in [5.74, 6) is 1.24. The molecule has 1 N–H and O–H groups in total. The summed E-state index contributed by atoms with van der Waals surface area (Å²) in [5.41, 5.74) is 2.46. The van der Waals surface area contributed by atoms with E-state index in [0.29, 0.717) is 17.3 Å². The lowest BCUT2D eigenvalue weighted by Gasteiger charge is -2.18. The van der Waals surface area contributed by atoms with Crippen LogP contribution in [0.4, 0.5) is 5.69 Å². The molecular weight excluding hydrogens is 394 g/mol. The Morgan fingerprint density at radius 3 is 2.53 bits per heavy atom. The smallest absolute Gasteiger partial charge is 0.242 e. The van der Waals surface area contributed by atoms with Gasteiger partial charge in [0.2, 0.25) is 5.91 Å². The zero-order valence-corrected chi connectivity index (χ0v) is 17.5. The minimum Gasteiger partial charge on any atom is -0.497 e. The number of fused-ring (bicyclic) bond motifs is 1. The Morgan fingerprint density at radius 1 is 0.967 bits per heavy atom. The van der Waals surface area contributed by atoms with Gasteiger partial charge >= 0.3 is 0 Å². The highest BCUT2D eigenvalue weighted by molar-refractivity contribution is 8.00. The van der Waals surface area contributed by atoms with E-state index in [-0.39, 0.29) is 5.91 Å². The van der Waals surface area contributed by atoms with E-state index in [1.54, 1.807) is 13.2 Å². The summed E-state index contributed by atoms with van der Waals surface area (Å²) in [5, 5.41) is 4.26. The van der Waals surface area contributed by atoms with Gasteiger partial charge in [0.05, 0.1) is 12.6 Å². The first-order valence-electron chi connectivity index (χ1n) is 9.54. The number of rotatable bonds is 6. The summed E-state index contributed by atoms with van der Waals surface area (Å²) in [4.78, 5) is 22.5. The van der Waals surface area contributed by atoms with E-state index in [9.17, 15) is 4.79 Å². The number of benzene rings is 3. The number of hydrogen-bond acceptors (Lipinski definition) is 5. The van der Waals surface area contributed by atoms with Crippen molar-refractivity contribution in [1.29, 1.82) is 0 Å². The molecule has 0 unspecified atom stereocenters. The standard InChI is InChI=1S/C24H21N3O2S/c1-16-25-21-14-7-6-13-20(21)24(26-16)30-22(17-9-4-3-5-10-17)23(28)27-18-11-8-12-19(15-18)29-2/h3-15,22H,1-2H3,(H,27,28)/t22-/m0/s1. The van der Waals surface area contributed by atoms with Crippen LogP contribution in [0.3, 0.4) is 0 Å². The molecule has 30 heavy (non-hydrogen) atoms. The zero-order chi connectivity index (χ0) is 20.9. The first-order valence-corrected chi connectivity index (χ1v) is 10.4. The van der Waals surface area contributed by atoms with E-state index < -0.39 is 5.25 Å². The molecule has 0 saturated carbocycles. The molecule has 5 nitrogen and oxygen atoms in total. The number of aromatic nitrogens is 2. The minimum atomic E-state index is -0.477. The van der Waals surface area contributed by atoms with Crippen molar-refractivity contribution in [2.75, 3.05) is 12.4 Å². The molecule has 1 aromatic heterocycles. The number of hydrogen-bond donors (Lipinski definition) is 1. The van der Waals surface area contributed by atoms with Crippen molar-refractivity contribution >= 4 is 34.3 Å². The van der Waals surface area contributed by atoms with Crippen LogP contribution in [0.15, 0.2) is 83.9 Å². The van der Waals surface area contributed by atoms with Crippen LogP contribution in [-0.4, -0.2) is 23.0 Å². The molecule has 3 aromatic carbocycles. The number of para-hydroxylation sites is 1. The number of carbonyl (C=O) groups is 1. The van der Waals surface area contributed by atoms with Gasteiger partial charge in [-0.15, -0.1) is 0 Å². The van der Waals surface area contributed by atoms with Gasteiger partial charge in [0.15, 0.2) is 0 Å². The summed E-state index contributed by atoms with van der Waals surface area (Å²) < 4.78 is 5.27. The maximum absolute atomic E-state index is 13.3. The fraction of sp³-hybridized carbons (Fsp3) is 0.125. The molecule has 0 saturated heterocycles. The highest BCUT2D eigenvalue weighted by atomic mass is 32.2. The predicted octanol–water partition coefficient (Wildman–Crippen LogP) is 5.42. The normalized spacial score (nSPS) is 11.8. The van der Waals surface area contributed by atoms with Gasteiger partial charge in [-0.1, -0.05) is 66.4 Å². The second-order valence-electron chi connectivity index (χ2n) is 6.72. The monoisotopic (exact) mass is 415 g/mol. The summed E-state index contributed by atoms with van der Waals surface area (Å²) in [6.45, 7) is 1.87. The molecule has 1 amide bonds. The average Bonchev–Trinajstić information content (AvgIpc) is 2.77. The molecule has 0 spiro atoms. The van der Waals surface area contributed by atoms with E-state index in [4.69, 9.17) is 4.74 Å². The number of carbonyl (C=O) groups excluding carboxylic acids is 1. The van der Waals surface area contributed by atoms with E-state index in [2.05, 4.69) is 15.3 Å². The Hall–Kier alpha value is -3.38. The predicted molar refractivity (Wildman–Crippen MR) is 121 cm³/mol. The van der Waals surface area contributed by atoms with Crippen LogP contribution < -0.4 is 10.1 Å². The van der Waals surface area contributed by atoms with Crippen molar-refractivity contribution in [1.82, 2.24) is 9.97 Å². The van der Waals surface area contributed by atoms with Gasteiger partial charge in [-0.2, -0.15) is 0 Å². The number of amides is 1. The SMILES string of the molecule is COc1cccc(NC(=O)[C@@H](Sc2nc(C)nc3ccccc23)c2ccccc2)c1. The largest absolute Gasteiger partial charge is 0.497 e. The van der Waals surface area contributed by atoms with E-state index in [0.717, 1.165) is 21.5 Å². The van der Waals surface area contributed by atoms with Crippen molar-refractivity contribution in [3.63, 3.8) is 0 Å². The van der Waals surface area contributed by atoms with Gasteiger partial charge in [0.25, 0.3) is 0 Å². The Labute approximate surface area is 179 Å². The van der Waals surface area contributed by atoms with Crippen LogP contribution in [0.1, 0.15) is 16.6 Å². The Bertz CT molecular complexity index is 1180. The first-order chi connectivity index (χ1) is 14.6. The van der Waals surface area contributed by atoms with Crippen LogP contribution in [0.2, 0.25) is 0 Å². The molecule has 150 valence electrons. The number of nitrogens with zero attached hydrogens (tertiary/aromatic N) is 2. The summed E-state index contributed by atoms with van der Waals surface area (Å²) >= 11 is 1.43. The van der Waals surface area contributed by atoms with Gasteiger partial charge < -0.3 is 10.1 Å². The lowest BCUT2D eigenvalue weighted by Crippen LogP contribution is -2.19. The number of anilines is 1. The second kappa shape index (κ2) is 8.97. The molecule has 0 radical (unpaired) electrons. The maximum Gasteiger partial charge on any atom is 0.242 e. The first kappa shape index (κ1) is 19.9. The molecule has 1 atom stereocenters. The van der Waals surface area contributed by atoms with Crippen LogP contribution in [0.25, 0.3) is 10.9 Å². The third-order valence-electron chi connectivity index (χ3n) is 4.59. The number of ether oxygens (including phenoxy) is 1. The van der Waals surface area contributed by atoms with E-state index in [1.165, 1.54) is 11.8 Å². The molecule has 0 aliphatic heterocycles. The zero-order valence-electron chi connectivity index (χ0n) is 16.7. The molecule has 4 aromatic rings. The fourth-order valence-corrected chi connectivity index (χ4v) is 4.34. The van der Waals surface area contributed by atoms with Crippen molar-refractivity contribution in [3.8, 4) is 5.75 Å². The van der Waals surface area contributed by atoms with Crippen LogP contribution in [0, 0.1) is 6.92 Å².